The fourth-order valence-electron chi connectivity index (χ4n) is 5.32. The van der Waals surface area contributed by atoms with E-state index in [1.807, 2.05) is 68.4 Å². The summed E-state index contributed by atoms with van der Waals surface area (Å²) in [6, 6.07) is 18.4. The number of rotatable bonds is 6. The number of anilines is 2. The second-order valence-electron chi connectivity index (χ2n) is 9.64. The number of fused-ring (bicyclic) bond motifs is 1. The van der Waals surface area contributed by atoms with Crippen molar-refractivity contribution in [1.82, 2.24) is 0 Å². The number of carbonyl (C=O) groups excluding carboxylic acids is 2. The van der Waals surface area contributed by atoms with Crippen molar-refractivity contribution in [2.45, 2.75) is 40.2 Å². The van der Waals surface area contributed by atoms with Crippen LogP contribution in [-0.2, 0) is 16.0 Å². The zero-order valence-electron chi connectivity index (χ0n) is 21.7. The van der Waals surface area contributed by atoms with Crippen LogP contribution in [0, 0.1) is 13.8 Å². The van der Waals surface area contributed by atoms with Crippen molar-refractivity contribution in [3.8, 4) is 5.75 Å². The Kier molecular flexibility index (Phi) is 6.50. The van der Waals surface area contributed by atoms with Crippen LogP contribution in [0.3, 0.4) is 0 Å². The summed E-state index contributed by atoms with van der Waals surface area (Å²) in [7, 11) is 0. The number of ketones is 1. The van der Waals surface area contributed by atoms with Crippen LogP contribution >= 0.6 is 0 Å². The molecule has 0 radical (unpaired) electrons. The van der Waals surface area contributed by atoms with Crippen molar-refractivity contribution in [2.75, 3.05) is 29.5 Å². The van der Waals surface area contributed by atoms with E-state index in [2.05, 4.69) is 18.7 Å². The van der Waals surface area contributed by atoms with Crippen molar-refractivity contribution < 1.29 is 19.4 Å². The molecule has 0 aliphatic carbocycles. The van der Waals surface area contributed by atoms with E-state index in [1.165, 1.54) is 0 Å². The second kappa shape index (κ2) is 9.77. The van der Waals surface area contributed by atoms with E-state index in [1.54, 1.807) is 11.0 Å². The Bertz CT molecular complexity index is 1400. The summed E-state index contributed by atoms with van der Waals surface area (Å²) < 4.78 is 5.60. The van der Waals surface area contributed by atoms with Gasteiger partial charge in [-0.15, -0.1) is 0 Å². The van der Waals surface area contributed by atoms with Gasteiger partial charge in [0.25, 0.3) is 11.7 Å². The lowest BCUT2D eigenvalue weighted by atomic mass is 9.94. The first-order valence-corrected chi connectivity index (χ1v) is 12.8. The first-order valence-electron chi connectivity index (χ1n) is 12.8. The molecule has 0 bridgehead atoms. The number of benzene rings is 3. The van der Waals surface area contributed by atoms with Gasteiger partial charge in [0.1, 0.15) is 11.5 Å². The summed E-state index contributed by atoms with van der Waals surface area (Å²) in [6.45, 7) is 10.4. The molecule has 1 N–H and O–H groups in total. The number of Topliss-reactive ketones (excluding diaryl/α,β-unsaturated/α-hetero) is 1. The predicted molar refractivity (Wildman–Crippen MR) is 146 cm³/mol. The molecule has 1 amide bonds. The van der Waals surface area contributed by atoms with E-state index < -0.39 is 17.7 Å². The summed E-state index contributed by atoms with van der Waals surface area (Å²) >= 11 is 0. The van der Waals surface area contributed by atoms with Gasteiger partial charge in [0, 0.05) is 36.4 Å². The summed E-state index contributed by atoms with van der Waals surface area (Å²) in [6.07, 6.45) is 0.740. The maximum Gasteiger partial charge on any atom is 0.300 e. The summed E-state index contributed by atoms with van der Waals surface area (Å²) in [4.78, 5) is 30.9. The number of amides is 1. The van der Waals surface area contributed by atoms with Gasteiger partial charge in [-0.1, -0.05) is 24.3 Å². The van der Waals surface area contributed by atoms with Gasteiger partial charge in [0.15, 0.2) is 0 Å². The van der Waals surface area contributed by atoms with Crippen molar-refractivity contribution in [2.24, 2.45) is 0 Å². The Balaban J connectivity index is 1.69. The molecule has 6 heteroatoms. The molecule has 1 fully saturated rings. The number of hydrogen-bond acceptors (Lipinski definition) is 5. The summed E-state index contributed by atoms with van der Waals surface area (Å²) in [5.74, 6) is -0.708. The fraction of sp³-hybridized carbons (Fsp3) is 0.290. The predicted octanol–water partition coefficient (Wildman–Crippen LogP) is 5.71. The number of aryl methyl sites for hydroxylation is 2. The molecule has 2 aliphatic rings. The monoisotopic (exact) mass is 496 g/mol. The lowest BCUT2D eigenvalue weighted by Gasteiger charge is -2.28. The molecule has 37 heavy (non-hydrogen) atoms. The van der Waals surface area contributed by atoms with Crippen molar-refractivity contribution >= 4 is 28.8 Å². The first kappa shape index (κ1) is 24.6. The molecule has 3 aromatic rings. The lowest BCUT2D eigenvalue weighted by molar-refractivity contribution is -0.132. The van der Waals surface area contributed by atoms with Gasteiger partial charge in [-0.05, 0) is 86.3 Å². The minimum absolute atomic E-state index is 0.0976. The minimum Gasteiger partial charge on any atom is -0.507 e. The number of ether oxygens (including phenoxy) is 1. The molecule has 1 unspecified atom stereocenters. The van der Waals surface area contributed by atoms with E-state index in [4.69, 9.17) is 4.74 Å². The molecule has 190 valence electrons. The highest BCUT2D eigenvalue weighted by atomic mass is 16.5. The highest BCUT2D eigenvalue weighted by Crippen LogP contribution is 2.44. The normalized spacial score (nSPS) is 18.2. The van der Waals surface area contributed by atoms with Crippen LogP contribution in [0.15, 0.2) is 66.2 Å². The topological polar surface area (TPSA) is 70.1 Å². The van der Waals surface area contributed by atoms with E-state index in [-0.39, 0.29) is 11.3 Å². The van der Waals surface area contributed by atoms with Crippen LogP contribution in [0.5, 0.6) is 5.75 Å². The molecule has 1 saturated heterocycles. The smallest absolute Gasteiger partial charge is 0.300 e. The Morgan fingerprint density at radius 3 is 2.43 bits per heavy atom. The molecule has 2 heterocycles. The number of nitrogens with zero attached hydrogens (tertiary/aromatic N) is 2. The van der Waals surface area contributed by atoms with Crippen molar-refractivity contribution in [3.63, 3.8) is 0 Å². The molecule has 0 spiro atoms. The lowest BCUT2D eigenvalue weighted by Crippen LogP contribution is -2.30. The zero-order chi connectivity index (χ0) is 26.3. The molecule has 2 aliphatic heterocycles. The number of aliphatic hydroxyl groups is 1. The second-order valence-corrected chi connectivity index (χ2v) is 9.64. The Labute approximate surface area is 217 Å². The van der Waals surface area contributed by atoms with Gasteiger partial charge in [-0.3, -0.25) is 14.5 Å². The van der Waals surface area contributed by atoms with E-state index in [0.717, 1.165) is 53.2 Å². The molecular formula is C31H32N2O4. The third-order valence-corrected chi connectivity index (χ3v) is 7.37. The molecule has 1 atom stereocenters. The third-order valence-electron chi connectivity index (χ3n) is 7.37. The standard InChI is InChI=1S/C31H32N2O4/c1-5-32(6-2)24-12-9-21(10-13-24)28-27(29(34)23-11-14-26-22(18-23)15-16-37-26)30(35)31(36)33(28)25-17-19(3)7-8-20(25)4/h7-14,17-18,28,34H,5-6,15-16H2,1-4H3/b29-27-. The van der Waals surface area contributed by atoms with E-state index in [9.17, 15) is 14.7 Å². The highest BCUT2D eigenvalue weighted by molar-refractivity contribution is 6.51. The molecule has 0 aromatic heterocycles. The first-order chi connectivity index (χ1) is 17.8. The van der Waals surface area contributed by atoms with Gasteiger partial charge in [0.2, 0.25) is 0 Å². The molecule has 3 aromatic carbocycles. The number of aliphatic hydroxyl groups excluding tert-OH is 1. The van der Waals surface area contributed by atoms with Gasteiger partial charge >= 0.3 is 0 Å². The highest BCUT2D eigenvalue weighted by Gasteiger charge is 2.47. The average molecular weight is 497 g/mol. The summed E-state index contributed by atoms with van der Waals surface area (Å²) in [5.41, 5.74) is 5.95. The largest absolute Gasteiger partial charge is 0.507 e. The zero-order valence-corrected chi connectivity index (χ0v) is 21.7. The average Bonchev–Trinajstić information content (AvgIpc) is 3.48. The fourth-order valence-corrected chi connectivity index (χ4v) is 5.32. The SMILES string of the molecule is CCN(CC)c1ccc(C2/C(=C(/O)c3ccc4c(c3)CCO4)C(=O)C(=O)N2c2cc(C)ccc2C)cc1. The minimum atomic E-state index is -0.754. The Morgan fingerprint density at radius 2 is 1.73 bits per heavy atom. The quantitative estimate of drug-likeness (QED) is 0.269. The van der Waals surface area contributed by atoms with Crippen LogP contribution < -0.4 is 14.5 Å². The van der Waals surface area contributed by atoms with E-state index >= 15 is 0 Å². The Hall–Kier alpha value is -4.06. The molecular weight excluding hydrogens is 464 g/mol. The number of carbonyl (C=O) groups is 2. The van der Waals surface area contributed by atoms with Gasteiger partial charge < -0.3 is 14.7 Å². The number of hydrogen-bond donors (Lipinski definition) is 1. The van der Waals surface area contributed by atoms with Crippen LogP contribution in [0.2, 0.25) is 0 Å². The maximum atomic E-state index is 13.6. The van der Waals surface area contributed by atoms with Gasteiger partial charge in [-0.25, -0.2) is 0 Å². The molecule has 5 rings (SSSR count). The van der Waals surface area contributed by atoms with Crippen LogP contribution in [0.25, 0.3) is 5.76 Å². The molecule has 6 nitrogen and oxygen atoms in total. The van der Waals surface area contributed by atoms with Gasteiger partial charge in [-0.2, -0.15) is 0 Å². The van der Waals surface area contributed by atoms with Crippen LogP contribution in [0.4, 0.5) is 11.4 Å². The van der Waals surface area contributed by atoms with E-state index in [0.29, 0.717) is 17.9 Å². The Morgan fingerprint density at radius 1 is 1.00 bits per heavy atom. The maximum absolute atomic E-state index is 13.6. The molecule has 0 saturated carbocycles. The summed E-state index contributed by atoms with van der Waals surface area (Å²) in [5, 5.41) is 11.5. The van der Waals surface area contributed by atoms with Gasteiger partial charge in [0.05, 0.1) is 18.2 Å². The van der Waals surface area contributed by atoms with Crippen molar-refractivity contribution in [3.05, 3.63) is 94.1 Å². The third kappa shape index (κ3) is 4.26. The van der Waals surface area contributed by atoms with Crippen molar-refractivity contribution in [1.29, 1.82) is 0 Å². The van der Waals surface area contributed by atoms with Crippen LogP contribution in [-0.4, -0.2) is 36.5 Å². The van der Waals surface area contributed by atoms with Crippen LogP contribution in [0.1, 0.15) is 47.7 Å².